The van der Waals surface area contributed by atoms with Gasteiger partial charge in [-0.15, -0.1) is 5.10 Å². The van der Waals surface area contributed by atoms with Gasteiger partial charge in [-0.3, -0.25) is 10.1 Å². The Hall–Kier alpha value is -3.48. The molecule has 0 aliphatic carbocycles. The van der Waals surface area contributed by atoms with Crippen molar-refractivity contribution in [1.29, 1.82) is 0 Å². The predicted molar refractivity (Wildman–Crippen MR) is 111 cm³/mol. The summed E-state index contributed by atoms with van der Waals surface area (Å²) in [5, 5.41) is 10.5. The van der Waals surface area contributed by atoms with Gasteiger partial charge in [-0.05, 0) is 42.7 Å². The van der Waals surface area contributed by atoms with Gasteiger partial charge < -0.3 is 5.32 Å². The standard InChI is InChI=1S/C22H22FN5O/c1-3-4-20(29)25-21-26-22-24-18(15-7-5-14(2)6-8-15)13-19(28(22)27-21)16-9-11-17(23)12-10-16/h5-13,19H,3-4H2,1-2H3,(H2,24,25,26,27,29). The molecule has 6 nitrogen and oxygen atoms in total. The minimum atomic E-state index is -0.295. The molecule has 2 heterocycles. The fraction of sp³-hybridized carbons (Fsp3) is 0.227. The van der Waals surface area contributed by atoms with Crippen LogP contribution in [-0.2, 0) is 4.79 Å². The number of benzene rings is 2. The number of nitrogens with zero attached hydrogens (tertiary/aromatic N) is 3. The number of carbonyl (C=O) groups excluding carboxylic acids is 1. The van der Waals surface area contributed by atoms with Gasteiger partial charge in [-0.1, -0.05) is 48.9 Å². The highest BCUT2D eigenvalue weighted by Gasteiger charge is 2.25. The molecule has 1 aromatic heterocycles. The third-order valence-electron chi connectivity index (χ3n) is 4.77. The molecule has 2 aromatic carbocycles. The van der Waals surface area contributed by atoms with Crippen LogP contribution in [-0.4, -0.2) is 20.7 Å². The molecule has 1 amide bonds. The number of allylic oxidation sites excluding steroid dienone is 1. The molecule has 7 heteroatoms. The van der Waals surface area contributed by atoms with Crippen molar-refractivity contribution in [2.24, 2.45) is 0 Å². The first-order valence-corrected chi connectivity index (χ1v) is 9.61. The zero-order valence-electron chi connectivity index (χ0n) is 16.3. The highest BCUT2D eigenvalue weighted by molar-refractivity contribution is 5.89. The Balaban J connectivity index is 1.73. The molecule has 0 bridgehead atoms. The minimum absolute atomic E-state index is 0.125. The maximum Gasteiger partial charge on any atom is 0.250 e. The van der Waals surface area contributed by atoms with E-state index in [1.54, 1.807) is 16.8 Å². The van der Waals surface area contributed by atoms with E-state index in [0.29, 0.717) is 12.4 Å². The number of carbonyl (C=O) groups is 1. The number of rotatable bonds is 5. The molecular weight excluding hydrogens is 369 g/mol. The van der Waals surface area contributed by atoms with Crippen LogP contribution in [0.15, 0.2) is 54.6 Å². The van der Waals surface area contributed by atoms with Crippen molar-refractivity contribution >= 4 is 23.5 Å². The quantitative estimate of drug-likeness (QED) is 0.671. The van der Waals surface area contributed by atoms with Crippen molar-refractivity contribution in [2.75, 3.05) is 10.6 Å². The maximum absolute atomic E-state index is 13.4. The van der Waals surface area contributed by atoms with E-state index in [1.807, 2.05) is 44.2 Å². The Labute approximate surface area is 168 Å². The highest BCUT2D eigenvalue weighted by atomic mass is 19.1. The number of nitrogens with one attached hydrogen (secondary N) is 2. The number of halogens is 1. The van der Waals surface area contributed by atoms with Crippen molar-refractivity contribution in [3.8, 4) is 0 Å². The number of amides is 1. The largest absolute Gasteiger partial charge is 0.324 e. The number of aromatic nitrogens is 3. The first-order valence-electron chi connectivity index (χ1n) is 9.61. The van der Waals surface area contributed by atoms with Gasteiger partial charge in [0.15, 0.2) is 0 Å². The second-order valence-electron chi connectivity index (χ2n) is 7.07. The molecule has 1 atom stereocenters. The summed E-state index contributed by atoms with van der Waals surface area (Å²) >= 11 is 0. The molecule has 2 N–H and O–H groups in total. The predicted octanol–water partition coefficient (Wildman–Crippen LogP) is 4.52. The van der Waals surface area contributed by atoms with E-state index in [0.717, 1.165) is 23.2 Å². The van der Waals surface area contributed by atoms with Crippen molar-refractivity contribution in [1.82, 2.24) is 14.8 Å². The molecule has 3 aromatic rings. The third-order valence-corrected chi connectivity index (χ3v) is 4.77. The Kier molecular flexibility index (Phi) is 5.12. The third kappa shape index (κ3) is 4.03. The van der Waals surface area contributed by atoms with E-state index < -0.39 is 0 Å². The lowest BCUT2D eigenvalue weighted by molar-refractivity contribution is -0.116. The van der Waals surface area contributed by atoms with E-state index in [1.165, 1.54) is 17.7 Å². The average Bonchev–Trinajstić information content (AvgIpc) is 3.11. The van der Waals surface area contributed by atoms with Gasteiger partial charge in [0, 0.05) is 12.1 Å². The normalized spacial score (nSPS) is 15.3. The van der Waals surface area contributed by atoms with Gasteiger partial charge in [0.1, 0.15) is 11.9 Å². The minimum Gasteiger partial charge on any atom is -0.324 e. The molecular formula is C22H22FN5O. The second kappa shape index (κ2) is 7.87. The summed E-state index contributed by atoms with van der Waals surface area (Å²) in [5.41, 5.74) is 3.93. The molecule has 0 saturated carbocycles. The number of anilines is 2. The molecule has 0 spiro atoms. The van der Waals surface area contributed by atoms with Gasteiger partial charge >= 0.3 is 0 Å². The van der Waals surface area contributed by atoms with Gasteiger partial charge in [0.25, 0.3) is 5.95 Å². The Morgan fingerprint density at radius 2 is 1.90 bits per heavy atom. The van der Waals surface area contributed by atoms with Crippen LogP contribution in [0.3, 0.4) is 0 Å². The Bertz CT molecular complexity index is 1050. The molecule has 4 rings (SSSR count). The fourth-order valence-corrected chi connectivity index (χ4v) is 3.26. The Morgan fingerprint density at radius 3 is 2.59 bits per heavy atom. The Morgan fingerprint density at radius 1 is 1.17 bits per heavy atom. The lowest BCUT2D eigenvalue weighted by Crippen LogP contribution is -2.20. The van der Waals surface area contributed by atoms with Crippen LogP contribution >= 0.6 is 0 Å². The SMILES string of the molecule is CCCC(=O)Nc1nc2n(n1)C(c1ccc(F)cc1)C=C(c1ccc(C)cc1)N2. The van der Waals surface area contributed by atoms with E-state index in [4.69, 9.17) is 0 Å². The van der Waals surface area contributed by atoms with Crippen LogP contribution in [0.2, 0.25) is 0 Å². The van der Waals surface area contributed by atoms with E-state index in [2.05, 4.69) is 20.7 Å². The molecule has 148 valence electrons. The fourth-order valence-electron chi connectivity index (χ4n) is 3.26. The maximum atomic E-state index is 13.4. The van der Waals surface area contributed by atoms with E-state index in [9.17, 15) is 9.18 Å². The summed E-state index contributed by atoms with van der Waals surface area (Å²) in [5.74, 6) is 0.345. The van der Waals surface area contributed by atoms with Gasteiger partial charge in [0.2, 0.25) is 11.9 Å². The molecule has 29 heavy (non-hydrogen) atoms. The van der Waals surface area contributed by atoms with Crippen LogP contribution in [0.25, 0.3) is 5.70 Å². The molecule has 0 fully saturated rings. The topological polar surface area (TPSA) is 71.8 Å². The summed E-state index contributed by atoms with van der Waals surface area (Å²) in [6.07, 6.45) is 3.18. The van der Waals surface area contributed by atoms with Crippen molar-refractivity contribution in [3.63, 3.8) is 0 Å². The van der Waals surface area contributed by atoms with Gasteiger partial charge in [-0.25, -0.2) is 9.07 Å². The van der Waals surface area contributed by atoms with Gasteiger partial charge in [0.05, 0.1) is 0 Å². The molecule has 0 saturated heterocycles. The number of fused-ring (bicyclic) bond motifs is 1. The van der Waals surface area contributed by atoms with Crippen LogP contribution in [0.1, 0.15) is 42.5 Å². The van der Waals surface area contributed by atoms with Crippen molar-refractivity contribution in [2.45, 2.75) is 32.7 Å². The highest BCUT2D eigenvalue weighted by Crippen LogP contribution is 2.33. The monoisotopic (exact) mass is 391 g/mol. The van der Waals surface area contributed by atoms with Gasteiger partial charge in [-0.2, -0.15) is 4.98 Å². The van der Waals surface area contributed by atoms with Crippen LogP contribution < -0.4 is 10.6 Å². The second-order valence-corrected chi connectivity index (χ2v) is 7.07. The molecule has 1 unspecified atom stereocenters. The lowest BCUT2D eigenvalue weighted by atomic mass is 10.0. The molecule has 1 aliphatic heterocycles. The van der Waals surface area contributed by atoms with Crippen molar-refractivity contribution in [3.05, 3.63) is 77.1 Å². The zero-order chi connectivity index (χ0) is 20.4. The van der Waals surface area contributed by atoms with Crippen LogP contribution in [0.5, 0.6) is 0 Å². The van der Waals surface area contributed by atoms with Crippen molar-refractivity contribution < 1.29 is 9.18 Å². The number of hydrogen-bond donors (Lipinski definition) is 2. The first-order chi connectivity index (χ1) is 14.0. The molecule has 0 radical (unpaired) electrons. The first kappa shape index (κ1) is 18.9. The molecule has 1 aliphatic rings. The summed E-state index contributed by atoms with van der Waals surface area (Å²) in [4.78, 5) is 16.4. The zero-order valence-corrected chi connectivity index (χ0v) is 16.3. The smallest absolute Gasteiger partial charge is 0.250 e. The summed E-state index contributed by atoms with van der Waals surface area (Å²) in [6, 6.07) is 14.2. The van der Waals surface area contributed by atoms with E-state index in [-0.39, 0.29) is 23.7 Å². The average molecular weight is 391 g/mol. The van der Waals surface area contributed by atoms with E-state index >= 15 is 0 Å². The number of hydrogen-bond acceptors (Lipinski definition) is 4. The summed E-state index contributed by atoms with van der Waals surface area (Å²) in [6.45, 7) is 3.98. The number of aryl methyl sites for hydroxylation is 1. The summed E-state index contributed by atoms with van der Waals surface area (Å²) < 4.78 is 15.1. The van der Waals surface area contributed by atoms with Crippen LogP contribution in [0.4, 0.5) is 16.3 Å². The summed E-state index contributed by atoms with van der Waals surface area (Å²) in [7, 11) is 0. The lowest BCUT2D eigenvalue weighted by Gasteiger charge is -2.24. The van der Waals surface area contributed by atoms with Crippen LogP contribution in [0, 0.1) is 12.7 Å².